The van der Waals surface area contributed by atoms with Gasteiger partial charge in [-0.2, -0.15) is 0 Å². The van der Waals surface area contributed by atoms with E-state index in [0.717, 1.165) is 16.8 Å². The summed E-state index contributed by atoms with van der Waals surface area (Å²) in [4.78, 5) is 18.7. The Morgan fingerprint density at radius 2 is 2.12 bits per heavy atom. The van der Waals surface area contributed by atoms with Crippen molar-refractivity contribution in [2.45, 2.75) is 13.5 Å². The average Bonchev–Trinajstić information content (AvgIpc) is 2.29. The molecule has 0 saturated heterocycles. The van der Waals surface area contributed by atoms with Crippen LogP contribution in [0.3, 0.4) is 0 Å². The summed E-state index contributed by atoms with van der Waals surface area (Å²) in [6.45, 7) is 2.56. The van der Waals surface area contributed by atoms with Crippen molar-refractivity contribution < 1.29 is 0 Å². The zero-order valence-electron chi connectivity index (χ0n) is 9.95. The van der Waals surface area contributed by atoms with Gasteiger partial charge in [0.25, 0.3) is 5.56 Å². The second-order valence-electron chi connectivity index (χ2n) is 3.92. The van der Waals surface area contributed by atoms with Crippen LogP contribution in [-0.2, 0) is 6.54 Å². The minimum Gasteiger partial charge on any atom is -0.313 e. The van der Waals surface area contributed by atoms with E-state index in [4.69, 9.17) is 0 Å². The smallest absolute Gasteiger partial charge is 0.251 e. The van der Waals surface area contributed by atoms with Crippen LogP contribution in [0.4, 0.5) is 0 Å². The van der Waals surface area contributed by atoms with Crippen LogP contribution in [0.15, 0.2) is 35.1 Å². The highest BCUT2D eigenvalue weighted by Crippen LogP contribution is 2.19. The maximum absolute atomic E-state index is 11.5. The van der Waals surface area contributed by atoms with Crippen molar-refractivity contribution in [3.8, 4) is 11.3 Å². The van der Waals surface area contributed by atoms with Crippen LogP contribution in [0.1, 0.15) is 11.4 Å². The maximum Gasteiger partial charge on any atom is 0.251 e. The fourth-order valence-corrected chi connectivity index (χ4v) is 1.76. The van der Waals surface area contributed by atoms with Crippen molar-refractivity contribution in [2.24, 2.45) is 0 Å². The molecule has 1 aromatic heterocycles. The number of aromatic nitrogens is 2. The molecule has 0 radical (unpaired) electrons. The summed E-state index contributed by atoms with van der Waals surface area (Å²) in [6.07, 6.45) is 0. The summed E-state index contributed by atoms with van der Waals surface area (Å²) in [5, 5.41) is 2.97. The van der Waals surface area contributed by atoms with Gasteiger partial charge in [0.05, 0.1) is 12.2 Å². The fraction of sp³-hybridized carbons (Fsp3) is 0.231. The number of aromatic amines is 1. The second-order valence-corrected chi connectivity index (χ2v) is 3.92. The maximum atomic E-state index is 11.5. The molecule has 0 aliphatic rings. The Morgan fingerprint density at radius 1 is 1.35 bits per heavy atom. The van der Waals surface area contributed by atoms with Crippen molar-refractivity contribution in [3.05, 3.63) is 52.1 Å². The molecular formula is C13H15N3O. The zero-order chi connectivity index (χ0) is 12.3. The van der Waals surface area contributed by atoms with Crippen molar-refractivity contribution >= 4 is 0 Å². The van der Waals surface area contributed by atoms with E-state index < -0.39 is 0 Å². The van der Waals surface area contributed by atoms with Gasteiger partial charge in [-0.05, 0) is 19.5 Å². The first-order chi connectivity index (χ1) is 8.20. The lowest BCUT2D eigenvalue weighted by Crippen LogP contribution is -2.16. The Balaban J connectivity index is 2.52. The molecule has 0 atom stereocenters. The molecule has 4 nitrogen and oxygen atoms in total. The van der Waals surface area contributed by atoms with Crippen molar-refractivity contribution in [1.29, 1.82) is 0 Å². The van der Waals surface area contributed by atoms with Crippen LogP contribution >= 0.6 is 0 Å². The summed E-state index contributed by atoms with van der Waals surface area (Å²) in [5.74, 6) is 0.651. The van der Waals surface area contributed by atoms with Gasteiger partial charge >= 0.3 is 0 Å². The van der Waals surface area contributed by atoms with E-state index in [1.54, 1.807) is 0 Å². The quantitative estimate of drug-likeness (QED) is 0.837. The SMILES string of the molecule is CNCc1nc(-c2ccccc2C)cc(=O)[nH]1. The first-order valence-corrected chi connectivity index (χ1v) is 5.51. The topological polar surface area (TPSA) is 57.8 Å². The van der Waals surface area contributed by atoms with E-state index in [1.807, 2.05) is 38.2 Å². The van der Waals surface area contributed by atoms with Crippen LogP contribution in [-0.4, -0.2) is 17.0 Å². The molecule has 0 amide bonds. The third-order valence-corrected chi connectivity index (χ3v) is 2.56. The van der Waals surface area contributed by atoms with Gasteiger partial charge in [-0.3, -0.25) is 4.79 Å². The summed E-state index contributed by atoms with van der Waals surface area (Å²) in [7, 11) is 1.82. The van der Waals surface area contributed by atoms with Crippen molar-refractivity contribution in [2.75, 3.05) is 7.05 Å². The van der Waals surface area contributed by atoms with E-state index in [9.17, 15) is 4.79 Å². The molecule has 0 unspecified atom stereocenters. The monoisotopic (exact) mass is 229 g/mol. The van der Waals surface area contributed by atoms with E-state index >= 15 is 0 Å². The number of aryl methyl sites for hydroxylation is 1. The Kier molecular flexibility index (Phi) is 3.35. The summed E-state index contributed by atoms with van der Waals surface area (Å²) < 4.78 is 0. The molecular weight excluding hydrogens is 214 g/mol. The average molecular weight is 229 g/mol. The third kappa shape index (κ3) is 2.60. The molecule has 2 rings (SSSR count). The molecule has 2 N–H and O–H groups in total. The third-order valence-electron chi connectivity index (χ3n) is 2.56. The molecule has 0 fully saturated rings. The number of H-pyrrole nitrogens is 1. The lowest BCUT2D eigenvalue weighted by Gasteiger charge is -2.06. The van der Waals surface area contributed by atoms with Gasteiger partial charge in [0.2, 0.25) is 0 Å². The number of rotatable bonds is 3. The molecule has 0 bridgehead atoms. The Labute approximate surface area is 99.7 Å². The Morgan fingerprint density at radius 3 is 2.82 bits per heavy atom. The number of benzene rings is 1. The molecule has 4 heteroatoms. The van der Waals surface area contributed by atoms with E-state index in [0.29, 0.717) is 12.4 Å². The minimum atomic E-state index is -0.122. The Bertz CT molecular complexity index is 575. The molecule has 17 heavy (non-hydrogen) atoms. The molecule has 1 heterocycles. The number of nitrogens with zero attached hydrogens (tertiary/aromatic N) is 1. The molecule has 0 saturated carbocycles. The van der Waals surface area contributed by atoms with Gasteiger partial charge in [0.15, 0.2) is 0 Å². The molecule has 1 aromatic carbocycles. The molecule has 2 aromatic rings. The molecule has 88 valence electrons. The highest BCUT2D eigenvalue weighted by atomic mass is 16.1. The first kappa shape index (κ1) is 11.5. The molecule has 0 aliphatic heterocycles. The van der Waals surface area contributed by atoms with Crippen LogP contribution in [0.2, 0.25) is 0 Å². The summed E-state index contributed by atoms with van der Waals surface area (Å²) in [6, 6.07) is 9.43. The van der Waals surface area contributed by atoms with Crippen LogP contribution in [0.25, 0.3) is 11.3 Å². The fourth-order valence-electron chi connectivity index (χ4n) is 1.76. The van der Waals surface area contributed by atoms with Gasteiger partial charge in [-0.15, -0.1) is 0 Å². The highest BCUT2D eigenvalue weighted by Gasteiger charge is 2.05. The largest absolute Gasteiger partial charge is 0.313 e. The summed E-state index contributed by atoms with van der Waals surface area (Å²) >= 11 is 0. The van der Waals surface area contributed by atoms with Crippen LogP contribution < -0.4 is 10.9 Å². The van der Waals surface area contributed by atoms with Gasteiger partial charge in [-0.25, -0.2) is 4.98 Å². The predicted octanol–water partition coefficient (Wildman–Crippen LogP) is 1.46. The lowest BCUT2D eigenvalue weighted by molar-refractivity contribution is 0.754. The van der Waals surface area contributed by atoms with Crippen LogP contribution in [0, 0.1) is 6.92 Å². The number of hydrogen-bond donors (Lipinski definition) is 2. The van der Waals surface area contributed by atoms with Crippen molar-refractivity contribution in [1.82, 2.24) is 15.3 Å². The van der Waals surface area contributed by atoms with Gasteiger partial charge in [0, 0.05) is 11.6 Å². The lowest BCUT2D eigenvalue weighted by atomic mass is 10.1. The van der Waals surface area contributed by atoms with Gasteiger partial charge in [0.1, 0.15) is 5.82 Å². The van der Waals surface area contributed by atoms with Crippen molar-refractivity contribution in [3.63, 3.8) is 0 Å². The van der Waals surface area contributed by atoms with E-state index in [1.165, 1.54) is 6.07 Å². The Hall–Kier alpha value is -1.94. The minimum absolute atomic E-state index is 0.122. The van der Waals surface area contributed by atoms with E-state index in [-0.39, 0.29) is 5.56 Å². The highest BCUT2D eigenvalue weighted by molar-refractivity contribution is 5.62. The van der Waals surface area contributed by atoms with Crippen LogP contribution in [0.5, 0.6) is 0 Å². The standard InChI is InChI=1S/C13H15N3O/c1-9-5-3-4-6-10(9)11-7-13(17)16-12(15-11)8-14-2/h3-7,14H,8H2,1-2H3,(H,15,16,17). The van der Waals surface area contributed by atoms with E-state index in [2.05, 4.69) is 15.3 Å². The predicted molar refractivity (Wildman–Crippen MR) is 67.8 cm³/mol. The first-order valence-electron chi connectivity index (χ1n) is 5.51. The number of nitrogens with one attached hydrogen (secondary N) is 2. The molecule has 0 spiro atoms. The van der Waals surface area contributed by atoms with Gasteiger partial charge < -0.3 is 10.3 Å². The second kappa shape index (κ2) is 4.93. The molecule has 0 aliphatic carbocycles. The number of hydrogen-bond acceptors (Lipinski definition) is 3. The summed E-state index contributed by atoms with van der Waals surface area (Å²) in [5.41, 5.74) is 2.71. The van der Waals surface area contributed by atoms with Gasteiger partial charge in [-0.1, -0.05) is 24.3 Å². The zero-order valence-corrected chi connectivity index (χ0v) is 9.95. The normalized spacial score (nSPS) is 10.5.